The van der Waals surface area contributed by atoms with Crippen molar-refractivity contribution in [3.05, 3.63) is 65.7 Å². The third-order valence-electron chi connectivity index (χ3n) is 2.88. The van der Waals surface area contributed by atoms with Gasteiger partial charge in [-0.2, -0.15) is 8.42 Å². The molecule has 0 heterocycles. The molecule has 0 atom stereocenters. The lowest BCUT2D eigenvalue weighted by molar-refractivity contribution is -0.142. The van der Waals surface area contributed by atoms with Crippen molar-refractivity contribution < 1.29 is 22.1 Å². The molecule has 0 spiro atoms. The van der Waals surface area contributed by atoms with Crippen LogP contribution in [0.1, 0.15) is 18.1 Å². The smallest absolute Gasteiger partial charge is 0.302 e. The molecule has 5 nitrogen and oxygen atoms in total. The van der Waals surface area contributed by atoms with E-state index in [1.807, 2.05) is 0 Å². The Morgan fingerprint density at radius 1 is 0.909 bits per heavy atom. The van der Waals surface area contributed by atoms with Crippen molar-refractivity contribution in [2.75, 3.05) is 0 Å². The number of carbonyl (C=O) groups excluding carboxylic acids is 1. The molecule has 0 radical (unpaired) electrons. The van der Waals surface area contributed by atoms with Crippen LogP contribution in [0.4, 0.5) is 0 Å². The number of carbonyl (C=O) groups is 1. The second kappa shape index (κ2) is 7.20. The summed E-state index contributed by atoms with van der Waals surface area (Å²) in [6.07, 6.45) is 0. The van der Waals surface area contributed by atoms with Gasteiger partial charge in [0.1, 0.15) is 6.61 Å². The molecule has 0 N–H and O–H groups in total. The van der Waals surface area contributed by atoms with Crippen LogP contribution in [-0.4, -0.2) is 14.4 Å². The molecule has 6 heteroatoms. The zero-order chi connectivity index (χ0) is 16.0. The molecule has 0 aromatic heterocycles. The molecule has 0 saturated heterocycles. The molecule has 0 bridgehead atoms. The summed E-state index contributed by atoms with van der Waals surface area (Å²) >= 11 is 0. The molecule has 22 heavy (non-hydrogen) atoms. The van der Waals surface area contributed by atoms with Gasteiger partial charge in [-0.05, 0) is 23.3 Å². The summed E-state index contributed by atoms with van der Waals surface area (Å²) in [4.78, 5) is 10.8. The van der Waals surface area contributed by atoms with Crippen LogP contribution in [0, 0.1) is 0 Å². The van der Waals surface area contributed by atoms with Crippen LogP contribution in [0.3, 0.4) is 0 Å². The Morgan fingerprint density at radius 3 is 2.00 bits per heavy atom. The first-order valence-corrected chi connectivity index (χ1v) is 8.04. The number of ether oxygens (including phenoxy) is 1. The SMILES string of the molecule is CC(=O)OCc1ccc(COS(=O)(=O)c2ccccc2)cc1. The van der Waals surface area contributed by atoms with Gasteiger partial charge in [-0.3, -0.25) is 8.98 Å². The van der Waals surface area contributed by atoms with Gasteiger partial charge in [-0.15, -0.1) is 0 Å². The van der Waals surface area contributed by atoms with Crippen LogP contribution >= 0.6 is 0 Å². The van der Waals surface area contributed by atoms with Gasteiger partial charge in [0.15, 0.2) is 0 Å². The number of hydrogen-bond donors (Lipinski definition) is 0. The van der Waals surface area contributed by atoms with Gasteiger partial charge in [0.05, 0.1) is 11.5 Å². The van der Waals surface area contributed by atoms with E-state index in [1.165, 1.54) is 19.1 Å². The Labute approximate surface area is 129 Å². The second-order valence-electron chi connectivity index (χ2n) is 4.63. The highest BCUT2D eigenvalue weighted by Gasteiger charge is 2.14. The minimum atomic E-state index is -3.76. The molecule has 0 fully saturated rings. The van der Waals surface area contributed by atoms with Crippen molar-refractivity contribution in [2.45, 2.75) is 25.0 Å². The van der Waals surface area contributed by atoms with E-state index >= 15 is 0 Å². The summed E-state index contributed by atoms with van der Waals surface area (Å²) in [5, 5.41) is 0. The lowest BCUT2D eigenvalue weighted by Crippen LogP contribution is -2.06. The van der Waals surface area contributed by atoms with Crippen molar-refractivity contribution in [1.82, 2.24) is 0 Å². The minimum absolute atomic E-state index is 0.0505. The van der Waals surface area contributed by atoms with E-state index in [9.17, 15) is 13.2 Å². The molecule has 2 rings (SSSR count). The first kappa shape index (κ1) is 16.2. The van der Waals surface area contributed by atoms with Crippen molar-refractivity contribution in [3.63, 3.8) is 0 Å². The molecule has 0 aliphatic rings. The molecule has 0 saturated carbocycles. The monoisotopic (exact) mass is 320 g/mol. The molecular weight excluding hydrogens is 304 g/mol. The van der Waals surface area contributed by atoms with E-state index in [2.05, 4.69) is 0 Å². The van der Waals surface area contributed by atoms with Crippen LogP contribution in [0.15, 0.2) is 59.5 Å². The van der Waals surface area contributed by atoms with Gasteiger partial charge in [-0.25, -0.2) is 0 Å². The summed E-state index contributed by atoms with van der Waals surface area (Å²) in [6.45, 7) is 1.49. The van der Waals surface area contributed by atoms with E-state index in [4.69, 9.17) is 8.92 Å². The Bertz CT molecular complexity index is 721. The minimum Gasteiger partial charge on any atom is -0.461 e. The lowest BCUT2D eigenvalue weighted by atomic mass is 10.1. The van der Waals surface area contributed by atoms with Gasteiger partial charge in [0.25, 0.3) is 10.1 Å². The summed E-state index contributed by atoms with van der Waals surface area (Å²) in [6, 6.07) is 15.0. The average Bonchev–Trinajstić information content (AvgIpc) is 2.53. The van der Waals surface area contributed by atoms with Gasteiger partial charge in [0.2, 0.25) is 0 Å². The fourth-order valence-corrected chi connectivity index (χ4v) is 2.64. The Kier molecular flexibility index (Phi) is 5.30. The predicted octanol–water partition coefficient (Wildman–Crippen LogP) is 2.66. The average molecular weight is 320 g/mol. The number of rotatable bonds is 6. The van der Waals surface area contributed by atoms with E-state index in [-0.39, 0.29) is 24.1 Å². The van der Waals surface area contributed by atoms with Gasteiger partial charge >= 0.3 is 5.97 Å². The largest absolute Gasteiger partial charge is 0.461 e. The quantitative estimate of drug-likeness (QED) is 0.604. The van der Waals surface area contributed by atoms with E-state index in [1.54, 1.807) is 42.5 Å². The molecule has 0 amide bonds. The third kappa shape index (κ3) is 4.68. The fourth-order valence-electron chi connectivity index (χ4n) is 1.72. The Hall–Kier alpha value is -2.18. The molecule has 2 aromatic carbocycles. The van der Waals surface area contributed by atoms with E-state index in [0.29, 0.717) is 5.56 Å². The van der Waals surface area contributed by atoms with Crippen molar-refractivity contribution in [3.8, 4) is 0 Å². The number of hydrogen-bond acceptors (Lipinski definition) is 5. The fraction of sp³-hybridized carbons (Fsp3) is 0.188. The number of benzene rings is 2. The molecular formula is C16H16O5S. The van der Waals surface area contributed by atoms with Gasteiger partial charge in [0, 0.05) is 6.92 Å². The highest BCUT2D eigenvalue weighted by Crippen LogP contribution is 2.14. The maximum Gasteiger partial charge on any atom is 0.302 e. The molecule has 0 aliphatic carbocycles. The molecule has 2 aromatic rings. The van der Waals surface area contributed by atoms with Gasteiger partial charge in [-0.1, -0.05) is 42.5 Å². The Balaban J connectivity index is 1.96. The number of esters is 1. The normalized spacial score (nSPS) is 11.1. The summed E-state index contributed by atoms with van der Waals surface area (Å²) < 4.78 is 33.8. The van der Waals surface area contributed by atoms with E-state index < -0.39 is 10.1 Å². The predicted molar refractivity (Wildman–Crippen MR) is 80.3 cm³/mol. The highest BCUT2D eigenvalue weighted by atomic mass is 32.2. The van der Waals surface area contributed by atoms with Crippen molar-refractivity contribution in [1.29, 1.82) is 0 Å². The summed E-state index contributed by atoms with van der Waals surface area (Å²) in [5.41, 5.74) is 1.54. The summed E-state index contributed by atoms with van der Waals surface area (Å²) in [7, 11) is -3.76. The first-order valence-electron chi connectivity index (χ1n) is 6.63. The third-order valence-corrected chi connectivity index (χ3v) is 4.16. The topological polar surface area (TPSA) is 69.7 Å². The zero-order valence-corrected chi connectivity index (χ0v) is 12.9. The highest BCUT2D eigenvalue weighted by molar-refractivity contribution is 7.86. The zero-order valence-electron chi connectivity index (χ0n) is 12.1. The van der Waals surface area contributed by atoms with Crippen LogP contribution in [0.2, 0.25) is 0 Å². The van der Waals surface area contributed by atoms with Gasteiger partial charge < -0.3 is 4.74 Å². The standard InChI is InChI=1S/C16H16O5S/c1-13(17)20-11-14-7-9-15(10-8-14)12-21-22(18,19)16-5-3-2-4-6-16/h2-10H,11-12H2,1H3. The van der Waals surface area contributed by atoms with Crippen molar-refractivity contribution in [2.24, 2.45) is 0 Å². The van der Waals surface area contributed by atoms with E-state index in [0.717, 1.165) is 5.56 Å². The maximum atomic E-state index is 12.0. The molecule has 0 unspecified atom stereocenters. The van der Waals surface area contributed by atoms with Crippen molar-refractivity contribution >= 4 is 16.1 Å². The molecule has 0 aliphatic heterocycles. The Morgan fingerprint density at radius 2 is 1.45 bits per heavy atom. The van der Waals surface area contributed by atoms with Crippen LogP contribution in [-0.2, 0) is 37.0 Å². The first-order chi connectivity index (χ1) is 10.5. The van der Waals surface area contributed by atoms with Crippen LogP contribution in [0.5, 0.6) is 0 Å². The van der Waals surface area contributed by atoms with Crippen LogP contribution < -0.4 is 0 Å². The van der Waals surface area contributed by atoms with Crippen LogP contribution in [0.25, 0.3) is 0 Å². The lowest BCUT2D eigenvalue weighted by Gasteiger charge is -2.07. The summed E-state index contributed by atoms with van der Waals surface area (Å²) in [5.74, 6) is -0.346. The molecule has 116 valence electrons. The second-order valence-corrected chi connectivity index (χ2v) is 6.24. The maximum absolute atomic E-state index is 12.0.